The average molecular weight is 445 g/mol. The summed E-state index contributed by atoms with van der Waals surface area (Å²) >= 11 is 6.67. The number of aliphatic imine (C=N–C) groups is 1. The normalized spacial score (nSPS) is 10.8. The Kier molecular flexibility index (Phi) is 5.90. The van der Waals surface area contributed by atoms with Crippen LogP contribution in [-0.2, 0) is 0 Å². The molecule has 0 aliphatic rings. The fraction of sp³-hybridized carbons (Fsp3) is 0.188. The lowest BCUT2D eigenvalue weighted by Gasteiger charge is -2.12. The number of phenolic OH excluding ortho intramolecular Hbond substituents is 1. The number of phenols is 1. The van der Waals surface area contributed by atoms with Gasteiger partial charge in [-0.05, 0) is 28.1 Å². The summed E-state index contributed by atoms with van der Waals surface area (Å²) in [6, 6.07) is 6.97. The predicted octanol–water partition coefficient (Wildman–Crippen LogP) is 4.69. The average Bonchev–Trinajstić information content (AvgIpc) is 2.55. The molecule has 0 unspecified atom stereocenters. The number of ether oxygens (including phenoxy) is 3. The van der Waals surface area contributed by atoms with Crippen LogP contribution in [0.5, 0.6) is 23.0 Å². The van der Waals surface area contributed by atoms with E-state index in [-0.39, 0.29) is 5.75 Å². The van der Waals surface area contributed by atoms with E-state index in [1.54, 1.807) is 51.8 Å². The van der Waals surface area contributed by atoms with Crippen molar-refractivity contribution >= 4 is 43.8 Å². The standard InChI is InChI=1S/C16H15Br2NO4/c1-21-13-6-11(7-14(22-2)16(13)23-3)19-8-9-4-10(17)5-12(18)15(9)20/h4-8,20H,1-3H3/b19-8+. The van der Waals surface area contributed by atoms with E-state index in [4.69, 9.17) is 14.2 Å². The monoisotopic (exact) mass is 443 g/mol. The maximum atomic E-state index is 10.1. The number of methoxy groups -OCH3 is 3. The molecule has 5 nitrogen and oxygen atoms in total. The van der Waals surface area contributed by atoms with Crippen molar-refractivity contribution in [3.05, 3.63) is 38.8 Å². The molecule has 0 heterocycles. The summed E-state index contributed by atoms with van der Waals surface area (Å²) < 4.78 is 17.3. The lowest BCUT2D eigenvalue weighted by atomic mass is 10.2. The fourth-order valence-electron chi connectivity index (χ4n) is 1.97. The van der Waals surface area contributed by atoms with Crippen LogP contribution < -0.4 is 14.2 Å². The molecular weight excluding hydrogens is 430 g/mol. The summed E-state index contributed by atoms with van der Waals surface area (Å²) in [5.74, 6) is 1.64. The van der Waals surface area contributed by atoms with E-state index in [0.29, 0.717) is 33.0 Å². The van der Waals surface area contributed by atoms with Crippen molar-refractivity contribution in [1.29, 1.82) is 0 Å². The van der Waals surface area contributed by atoms with Gasteiger partial charge in [0.15, 0.2) is 11.5 Å². The summed E-state index contributed by atoms with van der Waals surface area (Å²) in [5, 5.41) is 10.1. The third-order valence-corrected chi connectivity index (χ3v) is 4.12. The van der Waals surface area contributed by atoms with Crippen LogP contribution in [0, 0.1) is 0 Å². The highest BCUT2D eigenvalue weighted by Gasteiger charge is 2.13. The molecule has 0 amide bonds. The quantitative estimate of drug-likeness (QED) is 0.679. The van der Waals surface area contributed by atoms with Crippen LogP contribution >= 0.6 is 31.9 Å². The largest absolute Gasteiger partial charge is 0.506 e. The maximum Gasteiger partial charge on any atom is 0.203 e. The summed E-state index contributed by atoms with van der Waals surface area (Å²) in [7, 11) is 4.63. The minimum atomic E-state index is 0.115. The van der Waals surface area contributed by atoms with Crippen LogP contribution in [0.4, 0.5) is 5.69 Å². The van der Waals surface area contributed by atoms with Gasteiger partial charge in [0.25, 0.3) is 0 Å². The van der Waals surface area contributed by atoms with Crippen molar-refractivity contribution in [2.24, 2.45) is 4.99 Å². The van der Waals surface area contributed by atoms with Gasteiger partial charge in [0.2, 0.25) is 5.75 Å². The zero-order chi connectivity index (χ0) is 17.0. The molecule has 2 aromatic rings. The summed E-state index contributed by atoms with van der Waals surface area (Å²) in [5.41, 5.74) is 1.18. The lowest BCUT2D eigenvalue weighted by molar-refractivity contribution is 0.324. The number of halogens is 2. The lowest BCUT2D eigenvalue weighted by Crippen LogP contribution is -1.94. The smallest absolute Gasteiger partial charge is 0.203 e. The number of nitrogens with zero attached hydrogens (tertiary/aromatic N) is 1. The topological polar surface area (TPSA) is 60.3 Å². The summed E-state index contributed by atoms with van der Waals surface area (Å²) in [6.45, 7) is 0. The van der Waals surface area contributed by atoms with Gasteiger partial charge in [-0.1, -0.05) is 15.9 Å². The van der Waals surface area contributed by atoms with E-state index < -0.39 is 0 Å². The molecule has 0 spiro atoms. The summed E-state index contributed by atoms with van der Waals surface area (Å²) in [4.78, 5) is 4.37. The Morgan fingerprint density at radius 3 is 2.09 bits per heavy atom. The second-order valence-electron chi connectivity index (χ2n) is 4.47. The van der Waals surface area contributed by atoms with Crippen LogP contribution in [-0.4, -0.2) is 32.7 Å². The van der Waals surface area contributed by atoms with E-state index >= 15 is 0 Å². The molecule has 0 saturated carbocycles. The molecule has 23 heavy (non-hydrogen) atoms. The van der Waals surface area contributed by atoms with E-state index in [2.05, 4.69) is 36.9 Å². The van der Waals surface area contributed by atoms with Crippen LogP contribution in [0.25, 0.3) is 0 Å². The molecular formula is C16H15Br2NO4. The molecule has 0 aliphatic carbocycles. The van der Waals surface area contributed by atoms with Gasteiger partial charge in [-0.15, -0.1) is 0 Å². The highest BCUT2D eigenvalue weighted by molar-refractivity contribution is 9.11. The molecule has 0 saturated heterocycles. The first-order valence-electron chi connectivity index (χ1n) is 6.52. The van der Waals surface area contributed by atoms with Crippen molar-refractivity contribution in [1.82, 2.24) is 0 Å². The van der Waals surface area contributed by atoms with Crippen LogP contribution in [0.1, 0.15) is 5.56 Å². The first-order chi connectivity index (χ1) is 11.0. The van der Waals surface area contributed by atoms with Crippen molar-refractivity contribution < 1.29 is 19.3 Å². The van der Waals surface area contributed by atoms with Crippen LogP contribution in [0.2, 0.25) is 0 Å². The molecule has 2 aromatic carbocycles. The minimum absolute atomic E-state index is 0.115. The molecule has 0 atom stereocenters. The van der Waals surface area contributed by atoms with Gasteiger partial charge in [-0.3, -0.25) is 4.99 Å². The van der Waals surface area contributed by atoms with Gasteiger partial charge < -0.3 is 19.3 Å². The zero-order valence-electron chi connectivity index (χ0n) is 12.8. The number of benzene rings is 2. The number of hydrogen-bond donors (Lipinski definition) is 1. The Morgan fingerprint density at radius 1 is 0.957 bits per heavy atom. The molecule has 0 radical (unpaired) electrons. The minimum Gasteiger partial charge on any atom is -0.506 e. The van der Waals surface area contributed by atoms with Gasteiger partial charge in [0.1, 0.15) is 5.75 Å². The molecule has 0 fully saturated rings. The van der Waals surface area contributed by atoms with E-state index in [0.717, 1.165) is 4.47 Å². The summed E-state index contributed by atoms with van der Waals surface area (Å²) in [6.07, 6.45) is 1.56. The highest BCUT2D eigenvalue weighted by Crippen LogP contribution is 2.41. The highest BCUT2D eigenvalue weighted by atomic mass is 79.9. The van der Waals surface area contributed by atoms with Crippen molar-refractivity contribution in [3.8, 4) is 23.0 Å². The Labute approximate surface area is 151 Å². The van der Waals surface area contributed by atoms with Gasteiger partial charge in [-0.25, -0.2) is 0 Å². The predicted molar refractivity (Wildman–Crippen MR) is 96.9 cm³/mol. The second-order valence-corrected chi connectivity index (χ2v) is 6.24. The van der Waals surface area contributed by atoms with E-state index in [9.17, 15) is 5.11 Å². The van der Waals surface area contributed by atoms with Crippen LogP contribution in [0.15, 0.2) is 38.2 Å². The zero-order valence-corrected chi connectivity index (χ0v) is 15.9. The molecule has 7 heteroatoms. The Morgan fingerprint density at radius 2 is 1.57 bits per heavy atom. The maximum absolute atomic E-state index is 10.1. The third kappa shape index (κ3) is 3.97. The van der Waals surface area contributed by atoms with Gasteiger partial charge in [0.05, 0.1) is 31.5 Å². The Balaban J connectivity index is 2.44. The van der Waals surface area contributed by atoms with Gasteiger partial charge in [-0.2, -0.15) is 0 Å². The molecule has 122 valence electrons. The van der Waals surface area contributed by atoms with Crippen LogP contribution in [0.3, 0.4) is 0 Å². The second kappa shape index (κ2) is 7.70. The number of rotatable bonds is 5. The SMILES string of the molecule is COc1cc(/N=C/c2cc(Br)cc(Br)c2O)cc(OC)c1OC. The van der Waals surface area contributed by atoms with Crippen molar-refractivity contribution in [2.75, 3.05) is 21.3 Å². The van der Waals surface area contributed by atoms with Gasteiger partial charge >= 0.3 is 0 Å². The number of aromatic hydroxyl groups is 1. The van der Waals surface area contributed by atoms with Crippen molar-refractivity contribution in [3.63, 3.8) is 0 Å². The van der Waals surface area contributed by atoms with E-state index in [1.165, 1.54) is 0 Å². The molecule has 1 N–H and O–H groups in total. The first kappa shape index (κ1) is 17.6. The molecule has 0 aromatic heterocycles. The molecule has 2 rings (SSSR count). The fourth-order valence-corrected chi connectivity index (χ4v) is 3.23. The Hall–Kier alpha value is -1.73. The third-order valence-electron chi connectivity index (χ3n) is 3.06. The van der Waals surface area contributed by atoms with Crippen molar-refractivity contribution in [2.45, 2.75) is 0 Å². The molecule has 0 bridgehead atoms. The Bertz CT molecular complexity index is 722. The van der Waals surface area contributed by atoms with E-state index in [1.807, 2.05) is 0 Å². The van der Waals surface area contributed by atoms with Gasteiger partial charge in [0, 0.05) is 28.4 Å². The molecule has 0 aliphatic heterocycles. The first-order valence-corrected chi connectivity index (χ1v) is 8.10. The number of hydrogen-bond acceptors (Lipinski definition) is 5.